The van der Waals surface area contributed by atoms with Crippen molar-refractivity contribution < 1.29 is 19.5 Å². The molecular weight excluding hydrogens is 252 g/mol. The van der Waals surface area contributed by atoms with Crippen LogP contribution in [0, 0.1) is 0 Å². The molecule has 108 valence electrons. The minimum absolute atomic E-state index is 0.0831. The molecule has 5 N–H and O–H groups in total. The van der Waals surface area contributed by atoms with Gasteiger partial charge in [0.2, 0.25) is 5.91 Å². The molecule has 1 aliphatic rings. The number of amides is 3. The highest BCUT2D eigenvalue weighted by Gasteiger charge is 2.28. The van der Waals surface area contributed by atoms with Crippen LogP contribution in [0.2, 0.25) is 0 Å². The highest BCUT2D eigenvalue weighted by atomic mass is 16.4. The standard InChI is InChI=1S/C11H20N4O4/c12-9(16)7-14-4-1-2-8(6-14)15(11(13)19)5-3-10(17)18/h8H,1-7H2,(H2,12,16)(H2,13,19)(H,17,18). The molecule has 0 aliphatic carbocycles. The Kier molecular flexibility index (Phi) is 5.56. The smallest absolute Gasteiger partial charge is 0.315 e. The number of carboxylic acids is 1. The van der Waals surface area contributed by atoms with E-state index >= 15 is 0 Å². The molecule has 1 aliphatic heterocycles. The van der Waals surface area contributed by atoms with Crippen LogP contribution in [0.25, 0.3) is 0 Å². The van der Waals surface area contributed by atoms with E-state index in [0.29, 0.717) is 6.54 Å². The molecule has 0 aromatic rings. The fourth-order valence-electron chi connectivity index (χ4n) is 2.34. The van der Waals surface area contributed by atoms with Crippen LogP contribution in [0.3, 0.4) is 0 Å². The Hall–Kier alpha value is -1.83. The second kappa shape index (κ2) is 6.93. The van der Waals surface area contributed by atoms with Crippen LogP contribution in [0.15, 0.2) is 0 Å². The molecule has 1 fully saturated rings. The SMILES string of the molecule is NC(=O)CN1CCCC(N(CCC(=O)O)C(N)=O)C1. The maximum atomic E-state index is 11.4. The lowest BCUT2D eigenvalue weighted by Crippen LogP contribution is -2.53. The molecule has 0 aromatic heterocycles. The fourth-order valence-corrected chi connectivity index (χ4v) is 2.34. The molecule has 0 saturated carbocycles. The highest BCUT2D eigenvalue weighted by Crippen LogP contribution is 2.16. The quantitative estimate of drug-likeness (QED) is 0.558. The maximum Gasteiger partial charge on any atom is 0.315 e. The number of nitrogens with zero attached hydrogens (tertiary/aromatic N) is 2. The summed E-state index contributed by atoms with van der Waals surface area (Å²) >= 11 is 0. The van der Waals surface area contributed by atoms with Crippen LogP contribution >= 0.6 is 0 Å². The van der Waals surface area contributed by atoms with Crippen LogP contribution in [-0.2, 0) is 9.59 Å². The number of primary amides is 2. The molecule has 1 unspecified atom stereocenters. The van der Waals surface area contributed by atoms with E-state index in [1.54, 1.807) is 0 Å². The Labute approximate surface area is 111 Å². The van der Waals surface area contributed by atoms with E-state index in [2.05, 4.69) is 0 Å². The van der Waals surface area contributed by atoms with Crippen LogP contribution in [0.5, 0.6) is 0 Å². The van der Waals surface area contributed by atoms with E-state index in [9.17, 15) is 14.4 Å². The first-order valence-corrected chi connectivity index (χ1v) is 6.18. The molecular formula is C11H20N4O4. The molecule has 1 saturated heterocycles. The minimum atomic E-state index is -0.976. The van der Waals surface area contributed by atoms with E-state index < -0.39 is 17.9 Å². The van der Waals surface area contributed by atoms with Gasteiger partial charge in [-0.25, -0.2) is 4.79 Å². The van der Waals surface area contributed by atoms with Crippen molar-refractivity contribution in [2.45, 2.75) is 25.3 Å². The number of nitrogens with two attached hydrogens (primary N) is 2. The average Bonchev–Trinajstić information content (AvgIpc) is 2.27. The van der Waals surface area contributed by atoms with E-state index in [0.717, 1.165) is 19.4 Å². The van der Waals surface area contributed by atoms with Gasteiger partial charge >= 0.3 is 12.0 Å². The number of carbonyl (C=O) groups is 3. The van der Waals surface area contributed by atoms with E-state index in [4.69, 9.17) is 16.6 Å². The van der Waals surface area contributed by atoms with Gasteiger partial charge in [0, 0.05) is 19.1 Å². The number of rotatable bonds is 6. The average molecular weight is 272 g/mol. The van der Waals surface area contributed by atoms with Crippen molar-refractivity contribution in [1.82, 2.24) is 9.80 Å². The zero-order valence-corrected chi connectivity index (χ0v) is 10.7. The number of hydrogen-bond donors (Lipinski definition) is 3. The van der Waals surface area contributed by atoms with Crippen molar-refractivity contribution in [3.63, 3.8) is 0 Å². The van der Waals surface area contributed by atoms with Crippen molar-refractivity contribution in [2.24, 2.45) is 11.5 Å². The Morgan fingerprint density at radius 1 is 1.32 bits per heavy atom. The van der Waals surface area contributed by atoms with Gasteiger partial charge in [0.15, 0.2) is 0 Å². The van der Waals surface area contributed by atoms with Gasteiger partial charge < -0.3 is 21.5 Å². The second-order valence-electron chi connectivity index (χ2n) is 4.67. The predicted molar refractivity (Wildman–Crippen MR) is 67.2 cm³/mol. The number of carboxylic acid groups (broad SMARTS) is 1. The van der Waals surface area contributed by atoms with Gasteiger partial charge in [-0.05, 0) is 19.4 Å². The predicted octanol–water partition coefficient (Wildman–Crippen LogP) is -1.21. The Morgan fingerprint density at radius 2 is 2.00 bits per heavy atom. The van der Waals surface area contributed by atoms with Gasteiger partial charge in [-0.2, -0.15) is 0 Å². The van der Waals surface area contributed by atoms with E-state index in [1.807, 2.05) is 4.90 Å². The van der Waals surface area contributed by atoms with Crippen molar-refractivity contribution in [1.29, 1.82) is 0 Å². The zero-order chi connectivity index (χ0) is 14.4. The normalized spacial score (nSPS) is 19.9. The second-order valence-corrected chi connectivity index (χ2v) is 4.67. The first-order chi connectivity index (χ1) is 8.90. The highest BCUT2D eigenvalue weighted by molar-refractivity contribution is 5.76. The number of aliphatic carboxylic acids is 1. The van der Waals surface area contributed by atoms with E-state index in [1.165, 1.54) is 4.90 Å². The third-order valence-corrected chi connectivity index (χ3v) is 3.15. The lowest BCUT2D eigenvalue weighted by atomic mass is 10.0. The molecule has 1 rings (SSSR count). The lowest BCUT2D eigenvalue weighted by Gasteiger charge is -2.38. The van der Waals surface area contributed by atoms with Gasteiger partial charge in [0.25, 0.3) is 0 Å². The van der Waals surface area contributed by atoms with Crippen molar-refractivity contribution in [2.75, 3.05) is 26.2 Å². The molecule has 3 amide bonds. The molecule has 1 atom stereocenters. The number of hydrogen-bond acceptors (Lipinski definition) is 4. The van der Waals surface area contributed by atoms with Crippen LogP contribution in [-0.4, -0.2) is 65.0 Å². The molecule has 19 heavy (non-hydrogen) atoms. The number of carbonyl (C=O) groups excluding carboxylic acids is 2. The Bertz CT molecular complexity index is 361. The molecule has 0 aromatic carbocycles. The molecule has 1 heterocycles. The summed E-state index contributed by atoms with van der Waals surface area (Å²) in [5, 5.41) is 8.66. The summed E-state index contributed by atoms with van der Waals surface area (Å²) in [6.07, 6.45) is 1.42. The van der Waals surface area contributed by atoms with Gasteiger partial charge in [0.1, 0.15) is 0 Å². The number of urea groups is 1. The topological polar surface area (TPSA) is 130 Å². The van der Waals surface area contributed by atoms with E-state index in [-0.39, 0.29) is 25.6 Å². The van der Waals surface area contributed by atoms with Gasteiger partial charge in [0.05, 0.1) is 13.0 Å². The fraction of sp³-hybridized carbons (Fsp3) is 0.727. The molecule has 0 spiro atoms. The summed E-state index contributed by atoms with van der Waals surface area (Å²) in [6.45, 7) is 1.46. The van der Waals surface area contributed by atoms with Crippen LogP contribution in [0.1, 0.15) is 19.3 Å². The monoisotopic (exact) mass is 272 g/mol. The van der Waals surface area contributed by atoms with Crippen LogP contribution < -0.4 is 11.5 Å². The molecule has 0 radical (unpaired) electrons. The zero-order valence-electron chi connectivity index (χ0n) is 10.7. The number of piperidine rings is 1. The Balaban J connectivity index is 2.60. The Morgan fingerprint density at radius 3 is 2.53 bits per heavy atom. The minimum Gasteiger partial charge on any atom is -0.481 e. The summed E-state index contributed by atoms with van der Waals surface area (Å²) in [6, 6.07) is -0.794. The molecule has 8 nitrogen and oxygen atoms in total. The first-order valence-electron chi connectivity index (χ1n) is 6.18. The maximum absolute atomic E-state index is 11.4. The molecule has 8 heteroatoms. The number of likely N-dealkylation sites (tertiary alicyclic amines) is 1. The van der Waals surface area contributed by atoms with Crippen molar-refractivity contribution >= 4 is 17.9 Å². The third-order valence-electron chi connectivity index (χ3n) is 3.15. The van der Waals surface area contributed by atoms with Crippen molar-refractivity contribution in [3.05, 3.63) is 0 Å². The summed E-state index contributed by atoms with van der Waals surface area (Å²) in [4.78, 5) is 36.1. The van der Waals surface area contributed by atoms with Gasteiger partial charge in [-0.15, -0.1) is 0 Å². The van der Waals surface area contributed by atoms with Crippen molar-refractivity contribution in [3.8, 4) is 0 Å². The summed E-state index contributed by atoms with van der Waals surface area (Å²) in [5.74, 6) is -1.40. The van der Waals surface area contributed by atoms with Gasteiger partial charge in [-0.1, -0.05) is 0 Å². The lowest BCUT2D eigenvalue weighted by molar-refractivity contribution is -0.137. The summed E-state index contributed by atoms with van der Waals surface area (Å²) < 4.78 is 0. The van der Waals surface area contributed by atoms with Gasteiger partial charge in [-0.3, -0.25) is 14.5 Å². The largest absolute Gasteiger partial charge is 0.481 e. The summed E-state index contributed by atoms with van der Waals surface area (Å²) in [5.41, 5.74) is 10.4. The third kappa shape index (κ3) is 5.12. The van der Waals surface area contributed by atoms with Crippen LogP contribution in [0.4, 0.5) is 4.79 Å². The molecule has 0 bridgehead atoms. The first kappa shape index (κ1) is 15.2. The summed E-state index contributed by atoms with van der Waals surface area (Å²) in [7, 11) is 0.